The highest BCUT2D eigenvalue weighted by Crippen LogP contribution is 2.49. The number of halogens is 1. The normalized spacial score (nSPS) is 29.4. The van der Waals surface area contributed by atoms with Crippen molar-refractivity contribution in [3.63, 3.8) is 0 Å². The standard InChI is InChI=1S/C16H20FNO2/c1-9(13-7-10-2-3-11(13)6-10)18-16(20)14-8-12(17)4-5-15(14)19/h4-5,8-11,13,19H,2-3,6-7H2,1H3,(H,18,20). The van der Waals surface area contributed by atoms with Crippen LogP contribution in [-0.2, 0) is 0 Å². The molecule has 2 N–H and O–H groups in total. The Morgan fingerprint density at radius 3 is 2.85 bits per heavy atom. The zero-order valence-corrected chi connectivity index (χ0v) is 11.6. The predicted molar refractivity (Wildman–Crippen MR) is 73.9 cm³/mol. The summed E-state index contributed by atoms with van der Waals surface area (Å²) in [7, 11) is 0. The Balaban J connectivity index is 1.68. The fourth-order valence-electron chi connectivity index (χ4n) is 3.99. The molecule has 1 aromatic rings. The number of hydrogen-bond donors (Lipinski definition) is 2. The number of hydrogen-bond acceptors (Lipinski definition) is 2. The van der Waals surface area contributed by atoms with Gasteiger partial charge in [0.25, 0.3) is 5.91 Å². The fraction of sp³-hybridized carbons (Fsp3) is 0.562. The number of phenolic OH excluding ortho intramolecular Hbond substituents is 1. The summed E-state index contributed by atoms with van der Waals surface area (Å²) in [4.78, 5) is 12.2. The molecule has 3 rings (SSSR count). The van der Waals surface area contributed by atoms with Gasteiger partial charge in [0, 0.05) is 6.04 Å². The summed E-state index contributed by atoms with van der Waals surface area (Å²) in [6.07, 6.45) is 5.06. The summed E-state index contributed by atoms with van der Waals surface area (Å²) < 4.78 is 13.2. The summed E-state index contributed by atoms with van der Waals surface area (Å²) >= 11 is 0. The van der Waals surface area contributed by atoms with Crippen LogP contribution < -0.4 is 5.32 Å². The SMILES string of the molecule is CC(NC(=O)c1cc(F)ccc1O)C1CC2CCC1C2. The van der Waals surface area contributed by atoms with E-state index in [1.54, 1.807) is 0 Å². The first-order valence-corrected chi connectivity index (χ1v) is 7.34. The molecule has 0 radical (unpaired) electrons. The van der Waals surface area contributed by atoms with Gasteiger partial charge in [0.2, 0.25) is 0 Å². The minimum atomic E-state index is -0.513. The molecule has 0 aromatic heterocycles. The van der Waals surface area contributed by atoms with Gasteiger partial charge in [-0.25, -0.2) is 4.39 Å². The Labute approximate surface area is 118 Å². The van der Waals surface area contributed by atoms with Crippen LogP contribution in [0.2, 0.25) is 0 Å². The van der Waals surface area contributed by atoms with Crippen molar-refractivity contribution in [2.24, 2.45) is 17.8 Å². The van der Waals surface area contributed by atoms with Crippen molar-refractivity contribution < 1.29 is 14.3 Å². The summed E-state index contributed by atoms with van der Waals surface area (Å²) in [5, 5.41) is 12.6. The van der Waals surface area contributed by atoms with Crippen LogP contribution in [0.25, 0.3) is 0 Å². The second-order valence-corrected chi connectivity index (χ2v) is 6.26. The van der Waals surface area contributed by atoms with E-state index in [9.17, 15) is 14.3 Å². The van der Waals surface area contributed by atoms with Gasteiger partial charge >= 0.3 is 0 Å². The molecule has 4 atom stereocenters. The number of amides is 1. The maximum Gasteiger partial charge on any atom is 0.255 e. The molecule has 0 heterocycles. The number of benzene rings is 1. The molecule has 3 nitrogen and oxygen atoms in total. The molecule has 0 spiro atoms. The largest absolute Gasteiger partial charge is 0.507 e. The second-order valence-electron chi connectivity index (χ2n) is 6.26. The van der Waals surface area contributed by atoms with Crippen LogP contribution in [0, 0.1) is 23.6 Å². The lowest BCUT2D eigenvalue weighted by Crippen LogP contribution is -2.40. The van der Waals surface area contributed by atoms with Gasteiger partial charge in [-0.15, -0.1) is 0 Å². The van der Waals surface area contributed by atoms with Crippen molar-refractivity contribution in [3.05, 3.63) is 29.6 Å². The van der Waals surface area contributed by atoms with Crippen LogP contribution >= 0.6 is 0 Å². The molecule has 0 saturated heterocycles. The number of carbonyl (C=O) groups excluding carboxylic acids is 1. The van der Waals surface area contributed by atoms with E-state index in [2.05, 4.69) is 5.32 Å². The van der Waals surface area contributed by atoms with E-state index in [0.29, 0.717) is 5.92 Å². The van der Waals surface area contributed by atoms with E-state index in [-0.39, 0.29) is 17.4 Å². The first kappa shape index (κ1) is 13.4. The molecule has 1 aromatic carbocycles. The van der Waals surface area contributed by atoms with Crippen molar-refractivity contribution in [1.29, 1.82) is 0 Å². The molecular formula is C16H20FNO2. The van der Waals surface area contributed by atoms with Crippen LogP contribution in [-0.4, -0.2) is 17.1 Å². The van der Waals surface area contributed by atoms with Crippen molar-refractivity contribution >= 4 is 5.91 Å². The molecule has 0 aliphatic heterocycles. The molecule has 2 bridgehead atoms. The maximum absolute atomic E-state index is 13.2. The van der Waals surface area contributed by atoms with E-state index in [1.807, 2.05) is 6.92 Å². The Morgan fingerprint density at radius 1 is 1.40 bits per heavy atom. The van der Waals surface area contributed by atoms with Crippen LogP contribution in [0.4, 0.5) is 4.39 Å². The second kappa shape index (κ2) is 5.08. The topological polar surface area (TPSA) is 49.3 Å². The third-order valence-electron chi connectivity index (χ3n) is 5.00. The lowest BCUT2D eigenvalue weighted by atomic mass is 9.84. The van der Waals surface area contributed by atoms with Gasteiger partial charge in [-0.05, 0) is 62.1 Å². The van der Waals surface area contributed by atoms with Gasteiger partial charge < -0.3 is 10.4 Å². The summed E-state index contributed by atoms with van der Waals surface area (Å²) in [5.74, 6) is 0.985. The van der Waals surface area contributed by atoms with Gasteiger partial charge in [-0.3, -0.25) is 4.79 Å². The molecule has 1 amide bonds. The molecule has 2 fully saturated rings. The number of fused-ring (bicyclic) bond motifs is 2. The van der Waals surface area contributed by atoms with Crippen molar-refractivity contribution in [1.82, 2.24) is 5.32 Å². The number of carbonyl (C=O) groups is 1. The third-order valence-corrected chi connectivity index (χ3v) is 5.00. The molecule has 2 aliphatic carbocycles. The Hall–Kier alpha value is -1.58. The monoisotopic (exact) mass is 277 g/mol. The minimum Gasteiger partial charge on any atom is -0.507 e. The Kier molecular flexibility index (Phi) is 3.40. The van der Waals surface area contributed by atoms with Crippen molar-refractivity contribution in [3.8, 4) is 5.75 Å². The van der Waals surface area contributed by atoms with Gasteiger partial charge in [0.1, 0.15) is 11.6 Å². The minimum absolute atomic E-state index is 0.0139. The highest BCUT2D eigenvalue weighted by atomic mass is 19.1. The average molecular weight is 277 g/mol. The lowest BCUT2D eigenvalue weighted by Gasteiger charge is -2.28. The molecule has 20 heavy (non-hydrogen) atoms. The molecule has 108 valence electrons. The van der Waals surface area contributed by atoms with Crippen molar-refractivity contribution in [2.45, 2.75) is 38.6 Å². The van der Waals surface area contributed by atoms with E-state index < -0.39 is 11.7 Å². The van der Waals surface area contributed by atoms with Gasteiger partial charge in [0.05, 0.1) is 5.56 Å². The van der Waals surface area contributed by atoms with Crippen molar-refractivity contribution in [2.75, 3.05) is 0 Å². The zero-order chi connectivity index (χ0) is 14.3. The number of aromatic hydroxyl groups is 1. The molecule has 4 heteroatoms. The summed E-state index contributed by atoms with van der Waals surface area (Å²) in [6, 6.07) is 3.51. The predicted octanol–water partition coefficient (Wildman–Crippen LogP) is 3.09. The maximum atomic E-state index is 13.2. The van der Waals surface area contributed by atoms with E-state index in [4.69, 9.17) is 0 Å². The van der Waals surface area contributed by atoms with E-state index in [0.717, 1.165) is 24.0 Å². The van der Waals surface area contributed by atoms with Gasteiger partial charge in [0.15, 0.2) is 0 Å². The highest BCUT2D eigenvalue weighted by Gasteiger charge is 2.42. The number of phenols is 1. The molecule has 4 unspecified atom stereocenters. The first-order valence-electron chi connectivity index (χ1n) is 7.34. The summed E-state index contributed by atoms with van der Waals surface area (Å²) in [5.41, 5.74) is 0.0139. The smallest absolute Gasteiger partial charge is 0.255 e. The van der Waals surface area contributed by atoms with Gasteiger partial charge in [-0.2, -0.15) is 0 Å². The van der Waals surface area contributed by atoms with Gasteiger partial charge in [-0.1, -0.05) is 6.42 Å². The quantitative estimate of drug-likeness (QED) is 0.892. The first-order chi connectivity index (χ1) is 9.54. The van der Waals surface area contributed by atoms with Crippen LogP contribution in [0.3, 0.4) is 0 Å². The number of nitrogens with one attached hydrogen (secondary N) is 1. The van der Waals surface area contributed by atoms with Crippen LogP contribution in [0.1, 0.15) is 43.0 Å². The fourth-order valence-corrected chi connectivity index (χ4v) is 3.99. The molecule has 2 aliphatic rings. The zero-order valence-electron chi connectivity index (χ0n) is 11.6. The van der Waals surface area contributed by atoms with E-state index >= 15 is 0 Å². The third kappa shape index (κ3) is 2.39. The van der Waals surface area contributed by atoms with Crippen LogP contribution in [0.15, 0.2) is 18.2 Å². The average Bonchev–Trinajstić information content (AvgIpc) is 3.03. The Morgan fingerprint density at radius 2 is 2.20 bits per heavy atom. The highest BCUT2D eigenvalue weighted by molar-refractivity contribution is 5.96. The summed E-state index contributed by atoms with van der Waals surface area (Å²) in [6.45, 7) is 2.01. The van der Waals surface area contributed by atoms with E-state index in [1.165, 1.54) is 31.7 Å². The molecular weight excluding hydrogens is 257 g/mol. The molecule has 2 saturated carbocycles. The van der Waals surface area contributed by atoms with Crippen LogP contribution in [0.5, 0.6) is 5.75 Å². The number of rotatable bonds is 3. The lowest BCUT2D eigenvalue weighted by molar-refractivity contribution is 0.0912. The Bertz CT molecular complexity index is 531.